The summed E-state index contributed by atoms with van der Waals surface area (Å²) < 4.78 is 5.25. The lowest BCUT2D eigenvalue weighted by Crippen LogP contribution is -2.63. The van der Waals surface area contributed by atoms with Crippen LogP contribution < -0.4 is 5.32 Å². The number of hydrogen-bond acceptors (Lipinski definition) is 5. The fourth-order valence-corrected chi connectivity index (χ4v) is 9.73. The van der Waals surface area contributed by atoms with Crippen molar-refractivity contribution >= 4 is 12.0 Å². The molecule has 2 aliphatic heterocycles. The summed E-state index contributed by atoms with van der Waals surface area (Å²) in [6.07, 6.45) is 11.1. The molecule has 35 heavy (non-hydrogen) atoms. The van der Waals surface area contributed by atoms with Gasteiger partial charge in [-0.1, -0.05) is 13.8 Å². The van der Waals surface area contributed by atoms with Crippen molar-refractivity contribution < 1.29 is 24.5 Å². The van der Waals surface area contributed by atoms with E-state index in [1.807, 2.05) is 0 Å². The van der Waals surface area contributed by atoms with Crippen LogP contribution in [0.3, 0.4) is 0 Å². The molecule has 7 heteroatoms. The van der Waals surface area contributed by atoms with E-state index in [-0.39, 0.29) is 40.9 Å². The van der Waals surface area contributed by atoms with Crippen molar-refractivity contribution in [3.05, 3.63) is 11.6 Å². The van der Waals surface area contributed by atoms with E-state index in [0.29, 0.717) is 43.9 Å². The zero-order valence-corrected chi connectivity index (χ0v) is 21.3. The molecule has 4 aliphatic carbocycles. The first-order chi connectivity index (χ1) is 16.6. The van der Waals surface area contributed by atoms with E-state index in [1.165, 1.54) is 0 Å². The Hall–Kier alpha value is -1.60. The van der Waals surface area contributed by atoms with Crippen LogP contribution in [0.4, 0.5) is 4.79 Å². The van der Waals surface area contributed by atoms with Crippen LogP contribution in [0.25, 0.3) is 0 Å². The molecular weight excluding hydrogens is 444 g/mol. The molecule has 194 valence electrons. The molecule has 6 aliphatic rings. The molecule has 1 unspecified atom stereocenters. The molecule has 0 bridgehead atoms. The van der Waals surface area contributed by atoms with Crippen LogP contribution in [-0.4, -0.2) is 64.6 Å². The van der Waals surface area contributed by atoms with Gasteiger partial charge in [0.15, 0.2) is 0 Å². The first-order valence-corrected chi connectivity index (χ1v) is 14.0. The number of carbonyl (C=O) groups excluding carboxylic acids is 2. The second-order valence-corrected chi connectivity index (χ2v) is 13.1. The van der Waals surface area contributed by atoms with Crippen LogP contribution in [0, 0.1) is 34.5 Å². The molecule has 0 radical (unpaired) electrons. The number of aliphatic hydroxyl groups excluding tert-OH is 1. The maximum Gasteiger partial charge on any atom is 0.331 e. The number of fused-ring (bicyclic) bond motifs is 5. The van der Waals surface area contributed by atoms with E-state index in [4.69, 9.17) is 4.74 Å². The number of nitrogens with one attached hydrogen (secondary N) is 1. The van der Waals surface area contributed by atoms with E-state index in [0.717, 1.165) is 63.4 Å². The molecule has 5 fully saturated rings. The lowest BCUT2D eigenvalue weighted by molar-refractivity contribution is -0.204. The number of aliphatic hydroxyl groups is 2. The number of cyclic esters (lactones) is 1. The van der Waals surface area contributed by atoms with Crippen molar-refractivity contribution in [2.75, 3.05) is 19.7 Å². The standard InChI is InChI=1S/C28H42N2O5/c1-26-9-5-19(29-25(33)30-12-8-20(31)15-30)14-18(26)3-4-23-22(26)6-10-27(2)21(7-11-28(23,27)34)17-13-24(32)35-16-17/h13,18-23,31,34H,3-12,14-16H2,1-2H3,(H,29,33)/t18-,19+,20?,21-,22+,23-,26+,27-,28+/m1/s1. The Morgan fingerprint density at radius 3 is 2.63 bits per heavy atom. The summed E-state index contributed by atoms with van der Waals surface area (Å²) in [7, 11) is 0. The molecular formula is C28H42N2O5. The molecule has 0 aromatic heterocycles. The second-order valence-electron chi connectivity index (χ2n) is 13.1. The lowest BCUT2D eigenvalue weighted by Gasteiger charge is -2.64. The van der Waals surface area contributed by atoms with Crippen LogP contribution in [-0.2, 0) is 9.53 Å². The van der Waals surface area contributed by atoms with Crippen molar-refractivity contribution in [3.8, 4) is 0 Å². The Kier molecular flexibility index (Phi) is 5.57. The van der Waals surface area contributed by atoms with Gasteiger partial charge in [0.05, 0.1) is 11.7 Å². The minimum absolute atomic E-state index is 0.0211. The van der Waals surface area contributed by atoms with Gasteiger partial charge in [-0.15, -0.1) is 0 Å². The van der Waals surface area contributed by atoms with Crippen LogP contribution in [0.5, 0.6) is 0 Å². The monoisotopic (exact) mass is 486 g/mol. The topological polar surface area (TPSA) is 99.1 Å². The van der Waals surface area contributed by atoms with E-state index < -0.39 is 5.60 Å². The summed E-state index contributed by atoms with van der Waals surface area (Å²) in [5.74, 6) is 1.40. The number of ether oxygens (including phenoxy) is 1. The molecule has 0 spiro atoms. The number of β-amino-alcohol motifs (C(OH)–C–C–N with tert-alkyl or cyclic N) is 1. The molecule has 9 atom stereocenters. The minimum Gasteiger partial charge on any atom is -0.458 e. The van der Waals surface area contributed by atoms with E-state index in [9.17, 15) is 19.8 Å². The molecule has 4 saturated carbocycles. The van der Waals surface area contributed by atoms with Gasteiger partial charge in [0.1, 0.15) is 6.61 Å². The third-order valence-corrected chi connectivity index (χ3v) is 11.8. The van der Waals surface area contributed by atoms with Crippen molar-refractivity contribution in [2.45, 2.75) is 95.8 Å². The van der Waals surface area contributed by atoms with Gasteiger partial charge in [-0.05, 0) is 98.9 Å². The van der Waals surface area contributed by atoms with Crippen LogP contribution in [0.2, 0.25) is 0 Å². The summed E-state index contributed by atoms with van der Waals surface area (Å²) in [4.78, 5) is 26.2. The van der Waals surface area contributed by atoms with Crippen molar-refractivity contribution in [2.24, 2.45) is 34.5 Å². The number of hydrogen-bond donors (Lipinski definition) is 3. The smallest absolute Gasteiger partial charge is 0.331 e. The van der Waals surface area contributed by atoms with Gasteiger partial charge in [0.2, 0.25) is 0 Å². The average Bonchev–Trinajstić information content (AvgIpc) is 3.51. The van der Waals surface area contributed by atoms with E-state index >= 15 is 0 Å². The van der Waals surface area contributed by atoms with Crippen molar-refractivity contribution in [3.63, 3.8) is 0 Å². The number of rotatable bonds is 2. The SMILES string of the molecule is C[C@]12CC[C@H](NC(=O)N3CCC(O)C3)C[C@H]1CC[C@@H]1[C@@H]2CC[C@]2(C)[C@@H](C3=CC(=O)OC3)CC[C@]12O. The third-order valence-electron chi connectivity index (χ3n) is 11.8. The first-order valence-electron chi connectivity index (χ1n) is 14.0. The van der Waals surface area contributed by atoms with Gasteiger partial charge in [0.25, 0.3) is 0 Å². The number of urea groups is 1. The van der Waals surface area contributed by atoms with E-state index in [1.54, 1.807) is 11.0 Å². The predicted molar refractivity (Wildman–Crippen MR) is 130 cm³/mol. The Morgan fingerprint density at radius 2 is 1.91 bits per heavy atom. The number of amides is 2. The Labute approximate surface area is 208 Å². The molecule has 1 saturated heterocycles. The zero-order chi connectivity index (χ0) is 24.6. The lowest BCUT2D eigenvalue weighted by atomic mass is 9.43. The van der Waals surface area contributed by atoms with Gasteiger partial charge in [0, 0.05) is 30.6 Å². The molecule has 2 amide bonds. The zero-order valence-electron chi connectivity index (χ0n) is 21.3. The Morgan fingerprint density at radius 1 is 1.09 bits per heavy atom. The summed E-state index contributed by atoms with van der Waals surface area (Å²) in [6.45, 7) is 6.22. The predicted octanol–water partition coefficient (Wildman–Crippen LogP) is 3.39. The number of likely N-dealkylation sites (tertiary alicyclic amines) is 1. The number of esters is 1. The molecule has 2 heterocycles. The minimum atomic E-state index is -0.678. The average molecular weight is 487 g/mol. The Balaban J connectivity index is 1.16. The highest BCUT2D eigenvalue weighted by Gasteiger charge is 2.67. The van der Waals surface area contributed by atoms with Crippen LogP contribution in [0.1, 0.15) is 78.1 Å². The normalized spacial score (nSPS) is 49.1. The fourth-order valence-electron chi connectivity index (χ4n) is 9.73. The second kappa shape index (κ2) is 8.20. The highest BCUT2D eigenvalue weighted by molar-refractivity contribution is 5.85. The number of nitrogens with zero attached hydrogens (tertiary/aromatic N) is 1. The van der Waals surface area contributed by atoms with Gasteiger partial charge in [-0.25, -0.2) is 9.59 Å². The summed E-state index contributed by atoms with van der Waals surface area (Å²) in [5, 5.41) is 25.4. The maximum absolute atomic E-state index is 12.7. The first kappa shape index (κ1) is 23.8. The van der Waals surface area contributed by atoms with Gasteiger partial charge in [-0.2, -0.15) is 0 Å². The van der Waals surface area contributed by atoms with Gasteiger partial charge >= 0.3 is 12.0 Å². The fraction of sp³-hybridized carbons (Fsp3) is 0.857. The van der Waals surface area contributed by atoms with Crippen LogP contribution >= 0.6 is 0 Å². The molecule has 0 aromatic carbocycles. The highest BCUT2D eigenvalue weighted by Crippen LogP contribution is 2.69. The van der Waals surface area contributed by atoms with Crippen LogP contribution in [0.15, 0.2) is 11.6 Å². The van der Waals surface area contributed by atoms with Gasteiger partial charge in [-0.3, -0.25) is 0 Å². The largest absolute Gasteiger partial charge is 0.458 e. The summed E-state index contributed by atoms with van der Waals surface area (Å²) in [6, 6.07) is 0.182. The molecule has 7 nitrogen and oxygen atoms in total. The quantitative estimate of drug-likeness (QED) is 0.520. The molecule has 0 aromatic rings. The third kappa shape index (κ3) is 3.51. The van der Waals surface area contributed by atoms with Crippen molar-refractivity contribution in [1.29, 1.82) is 0 Å². The molecule has 3 N–H and O–H groups in total. The van der Waals surface area contributed by atoms with E-state index in [2.05, 4.69) is 19.2 Å². The summed E-state index contributed by atoms with van der Waals surface area (Å²) in [5.41, 5.74) is 0.425. The Bertz CT molecular complexity index is 936. The maximum atomic E-state index is 12.7. The highest BCUT2D eigenvalue weighted by atomic mass is 16.5. The summed E-state index contributed by atoms with van der Waals surface area (Å²) >= 11 is 0. The number of carbonyl (C=O) groups is 2. The van der Waals surface area contributed by atoms with Gasteiger partial charge < -0.3 is 25.2 Å². The molecule has 6 rings (SSSR count). The van der Waals surface area contributed by atoms with Crippen molar-refractivity contribution in [1.82, 2.24) is 10.2 Å².